The van der Waals surface area contributed by atoms with Crippen molar-refractivity contribution < 1.29 is 14.4 Å². The normalized spacial score (nSPS) is 18.9. The first-order valence-electron chi connectivity index (χ1n) is 11.4. The Hall–Kier alpha value is -3.68. The number of benzene rings is 2. The number of hydrogen-bond acceptors (Lipinski definition) is 4. The van der Waals surface area contributed by atoms with Gasteiger partial charge in [-0.1, -0.05) is 19.1 Å². The lowest BCUT2D eigenvalue weighted by molar-refractivity contribution is -0.137. The van der Waals surface area contributed by atoms with Gasteiger partial charge in [-0.3, -0.25) is 14.4 Å². The number of rotatable bonds is 4. The predicted molar refractivity (Wildman–Crippen MR) is 125 cm³/mol. The van der Waals surface area contributed by atoms with Crippen molar-refractivity contribution in [2.24, 2.45) is 5.92 Å². The van der Waals surface area contributed by atoms with Gasteiger partial charge in [0.25, 0.3) is 5.91 Å². The fourth-order valence-corrected chi connectivity index (χ4v) is 4.67. The van der Waals surface area contributed by atoms with Crippen molar-refractivity contribution in [1.29, 1.82) is 0 Å². The standard InChI is InChI=1S/C25H27N5O3/c1-2-17-3-6-20(7-4-17)30-15-19(14-23(30)31)25(33)29-11-9-28(10-12-29)24(32)18-5-8-21-22(13-18)27-16-26-21/h3-8,13,16,19H,2,9-12,14-15H2,1H3,(H,26,27). The number of piperazine rings is 1. The molecule has 3 heterocycles. The summed E-state index contributed by atoms with van der Waals surface area (Å²) in [6.07, 6.45) is 2.79. The highest BCUT2D eigenvalue weighted by Gasteiger charge is 2.38. The molecule has 0 radical (unpaired) electrons. The summed E-state index contributed by atoms with van der Waals surface area (Å²) in [6.45, 7) is 4.42. The zero-order valence-corrected chi connectivity index (χ0v) is 18.7. The van der Waals surface area contributed by atoms with Gasteiger partial charge in [0.2, 0.25) is 11.8 Å². The highest BCUT2D eigenvalue weighted by Crippen LogP contribution is 2.27. The molecular formula is C25H27N5O3. The van der Waals surface area contributed by atoms with Crippen molar-refractivity contribution in [3.63, 3.8) is 0 Å². The van der Waals surface area contributed by atoms with Gasteiger partial charge in [-0.05, 0) is 42.3 Å². The smallest absolute Gasteiger partial charge is 0.254 e. The highest BCUT2D eigenvalue weighted by molar-refractivity contribution is 6.00. The summed E-state index contributed by atoms with van der Waals surface area (Å²) in [7, 11) is 0. The molecule has 2 saturated heterocycles. The van der Waals surface area contributed by atoms with Crippen LogP contribution < -0.4 is 4.90 Å². The third-order valence-corrected chi connectivity index (χ3v) is 6.68. The summed E-state index contributed by atoms with van der Waals surface area (Å²) in [6, 6.07) is 13.4. The molecule has 1 unspecified atom stereocenters. The van der Waals surface area contributed by atoms with Crippen LogP contribution in [0.4, 0.5) is 5.69 Å². The van der Waals surface area contributed by atoms with Gasteiger partial charge in [0.15, 0.2) is 0 Å². The largest absolute Gasteiger partial charge is 0.345 e. The zero-order valence-electron chi connectivity index (χ0n) is 18.7. The molecule has 1 aromatic heterocycles. The Labute approximate surface area is 192 Å². The summed E-state index contributed by atoms with van der Waals surface area (Å²) >= 11 is 0. The van der Waals surface area contributed by atoms with Crippen LogP contribution in [0.15, 0.2) is 48.8 Å². The number of carbonyl (C=O) groups is 3. The van der Waals surface area contributed by atoms with Crippen molar-refractivity contribution in [3.8, 4) is 0 Å². The second-order valence-electron chi connectivity index (χ2n) is 8.68. The Morgan fingerprint density at radius 2 is 1.76 bits per heavy atom. The second-order valence-corrected chi connectivity index (χ2v) is 8.68. The van der Waals surface area contributed by atoms with Crippen LogP contribution in [0.25, 0.3) is 11.0 Å². The van der Waals surface area contributed by atoms with Crippen LogP contribution in [0.5, 0.6) is 0 Å². The first-order chi connectivity index (χ1) is 16.0. The molecule has 2 fully saturated rings. The van der Waals surface area contributed by atoms with Gasteiger partial charge >= 0.3 is 0 Å². The van der Waals surface area contributed by atoms with Gasteiger partial charge in [-0.2, -0.15) is 0 Å². The monoisotopic (exact) mass is 445 g/mol. The van der Waals surface area contributed by atoms with Crippen LogP contribution in [-0.2, 0) is 16.0 Å². The molecule has 5 rings (SSSR count). The Morgan fingerprint density at radius 1 is 1.03 bits per heavy atom. The maximum Gasteiger partial charge on any atom is 0.254 e. The van der Waals surface area contributed by atoms with Crippen LogP contribution in [0.3, 0.4) is 0 Å². The fraction of sp³-hybridized carbons (Fsp3) is 0.360. The molecule has 8 heteroatoms. The van der Waals surface area contributed by atoms with Crippen molar-refractivity contribution in [1.82, 2.24) is 19.8 Å². The van der Waals surface area contributed by atoms with Crippen molar-refractivity contribution in [3.05, 3.63) is 59.9 Å². The average molecular weight is 446 g/mol. The number of H-pyrrole nitrogens is 1. The van der Waals surface area contributed by atoms with Crippen LogP contribution in [0.2, 0.25) is 0 Å². The number of amides is 3. The molecule has 0 aliphatic carbocycles. The van der Waals surface area contributed by atoms with E-state index in [4.69, 9.17) is 0 Å². The first-order valence-corrected chi connectivity index (χ1v) is 11.4. The molecule has 2 aliphatic rings. The van der Waals surface area contributed by atoms with E-state index >= 15 is 0 Å². The molecular weight excluding hydrogens is 418 g/mol. The predicted octanol–water partition coefficient (Wildman–Crippen LogP) is 2.46. The minimum atomic E-state index is -0.339. The molecule has 0 saturated carbocycles. The van der Waals surface area contributed by atoms with Crippen molar-refractivity contribution in [2.75, 3.05) is 37.6 Å². The van der Waals surface area contributed by atoms with Crippen LogP contribution in [0, 0.1) is 5.92 Å². The number of aryl methyl sites for hydroxylation is 1. The van der Waals surface area contributed by atoms with Crippen LogP contribution in [-0.4, -0.2) is 70.2 Å². The van der Waals surface area contributed by atoms with Crippen LogP contribution in [0.1, 0.15) is 29.3 Å². The zero-order chi connectivity index (χ0) is 22.9. The summed E-state index contributed by atoms with van der Waals surface area (Å²) in [5.74, 6) is -0.396. The van der Waals surface area contributed by atoms with Gasteiger partial charge in [0.1, 0.15) is 0 Å². The molecule has 8 nitrogen and oxygen atoms in total. The van der Waals surface area contributed by atoms with Gasteiger partial charge in [0.05, 0.1) is 23.3 Å². The van der Waals surface area contributed by atoms with Gasteiger partial charge in [0, 0.05) is 50.4 Å². The minimum absolute atomic E-state index is 0.00186. The molecule has 170 valence electrons. The SMILES string of the molecule is CCc1ccc(N2CC(C(=O)N3CCN(C(=O)c4ccc5nc[nH]c5c4)CC3)CC2=O)cc1. The number of carbonyl (C=O) groups excluding carboxylic acids is 3. The van der Waals surface area contributed by atoms with Gasteiger partial charge in [-0.25, -0.2) is 4.98 Å². The van der Waals surface area contributed by atoms with Crippen molar-refractivity contribution >= 4 is 34.4 Å². The van der Waals surface area contributed by atoms with E-state index in [1.54, 1.807) is 27.1 Å². The summed E-state index contributed by atoms with van der Waals surface area (Å²) in [4.78, 5) is 51.1. The van der Waals surface area contributed by atoms with E-state index in [0.29, 0.717) is 38.3 Å². The molecule has 33 heavy (non-hydrogen) atoms. The molecule has 3 amide bonds. The van der Waals surface area contributed by atoms with E-state index in [-0.39, 0.29) is 30.1 Å². The molecule has 0 bridgehead atoms. The first kappa shape index (κ1) is 21.2. The number of nitrogens with zero attached hydrogens (tertiary/aromatic N) is 4. The number of nitrogens with one attached hydrogen (secondary N) is 1. The van der Waals surface area contributed by atoms with Gasteiger partial charge < -0.3 is 19.7 Å². The summed E-state index contributed by atoms with van der Waals surface area (Å²) in [5.41, 5.74) is 4.32. The highest BCUT2D eigenvalue weighted by atomic mass is 16.2. The molecule has 0 spiro atoms. The number of imidazole rings is 1. The second kappa shape index (κ2) is 8.69. The number of anilines is 1. The fourth-order valence-electron chi connectivity index (χ4n) is 4.67. The van der Waals surface area contributed by atoms with Crippen LogP contribution >= 0.6 is 0 Å². The third-order valence-electron chi connectivity index (χ3n) is 6.68. The number of hydrogen-bond donors (Lipinski definition) is 1. The molecule has 1 atom stereocenters. The maximum atomic E-state index is 13.1. The topological polar surface area (TPSA) is 89.6 Å². The molecule has 3 aromatic rings. The van der Waals surface area contributed by atoms with Crippen molar-refractivity contribution in [2.45, 2.75) is 19.8 Å². The lowest BCUT2D eigenvalue weighted by Crippen LogP contribution is -2.52. The van der Waals surface area contributed by atoms with E-state index in [1.165, 1.54) is 5.56 Å². The van der Waals surface area contributed by atoms with E-state index in [2.05, 4.69) is 16.9 Å². The summed E-state index contributed by atoms with van der Waals surface area (Å²) in [5, 5.41) is 0. The quantitative estimate of drug-likeness (QED) is 0.668. The molecule has 2 aliphatic heterocycles. The Balaban J connectivity index is 1.19. The molecule has 2 aromatic carbocycles. The Bertz CT molecular complexity index is 1190. The minimum Gasteiger partial charge on any atom is -0.345 e. The average Bonchev–Trinajstić information content (AvgIpc) is 3.49. The maximum absolute atomic E-state index is 13.1. The molecule has 1 N–H and O–H groups in total. The third kappa shape index (κ3) is 4.08. The lowest BCUT2D eigenvalue weighted by atomic mass is 10.1. The van der Waals surface area contributed by atoms with E-state index in [1.807, 2.05) is 36.4 Å². The van der Waals surface area contributed by atoms with Gasteiger partial charge in [-0.15, -0.1) is 0 Å². The summed E-state index contributed by atoms with van der Waals surface area (Å²) < 4.78 is 0. The number of aromatic amines is 1. The lowest BCUT2D eigenvalue weighted by Gasteiger charge is -2.36. The Morgan fingerprint density at radius 3 is 2.48 bits per heavy atom. The number of aromatic nitrogens is 2. The van der Waals surface area contributed by atoms with E-state index in [0.717, 1.165) is 23.1 Å². The Kier molecular flexibility index (Phi) is 5.58. The number of fused-ring (bicyclic) bond motifs is 1. The van der Waals surface area contributed by atoms with E-state index in [9.17, 15) is 14.4 Å². The van der Waals surface area contributed by atoms with E-state index < -0.39 is 0 Å².